The number of hydrogen-bond acceptors (Lipinski definition) is 3. The van der Waals surface area contributed by atoms with Crippen molar-refractivity contribution in [2.45, 2.75) is 45.7 Å². The van der Waals surface area contributed by atoms with Gasteiger partial charge in [0.15, 0.2) is 5.78 Å². The van der Waals surface area contributed by atoms with Crippen molar-refractivity contribution in [3.05, 3.63) is 33.7 Å². The number of carbonyl (C=O) groups is 2. The Bertz CT molecular complexity index is 602. The Hall–Kier alpha value is -1.91. The van der Waals surface area contributed by atoms with Gasteiger partial charge < -0.3 is 9.47 Å². The van der Waals surface area contributed by atoms with Gasteiger partial charge in [-0.2, -0.15) is 0 Å². The number of Topliss-reactive ketones (excluding diaryl/α,β-unsaturated/α-hetero) is 1. The third kappa shape index (κ3) is 2.66. The van der Waals surface area contributed by atoms with Crippen molar-refractivity contribution >= 4 is 11.7 Å². The highest BCUT2D eigenvalue weighted by Crippen LogP contribution is 2.19. The number of ketones is 1. The number of carbonyl (C=O) groups excluding carboxylic acids is 2. The molecule has 1 heterocycles. The molecule has 0 radical (unpaired) electrons. The standard InChI is InChI=1S/C15H20N2O3/c1-10(2)16(3)15(20)9-17-12-5-4-6-13(18)11(12)7-8-14(17)19/h7-8,10H,4-6,9H2,1-3H3. The summed E-state index contributed by atoms with van der Waals surface area (Å²) in [4.78, 5) is 37.6. The lowest BCUT2D eigenvalue weighted by Gasteiger charge is -2.24. The molecule has 0 bridgehead atoms. The highest BCUT2D eigenvalue weighted by molar-refractivity contribution is 5.98. The van der Waals surface area contributed by atoms with Gasteiger partial charge in [-0.1, -0.05) is 0 Å². The van der Waals surface area contributed by atoms with Crippen LogP contribution in [0.2, 0.25) is 0 Å². The molecule has 108 valence electrons. The maximum Gasteiger partial charge on any atom is 0.251 e. The van der Waals surface area contributed by atoms with Crippen molar-refractivity contribution in [1.29, 1.82) is 0 Å². The number of fused-ring (bicyclic) bond motifs is 1. The molecule has 2 rings (SSSR count). The van der Waals surface area contributed by atoms with E-state index in [-0.39, 0.29) is 29.8 Å². The van der Waals surface area contributed by atoms with Crippen LogP contribution in [0.4, 0.5) is 0 Å². The zero-order valence-corrected chi connectivity index (χ0v) is 12.2. The minimum atomic E-state index is -0.219. The molecule has 5 heteroatoms. The van der Waals surface area contributed by atoms with Crippen LogP contribution in [0.3, 0.4) is 0 Å². The van der Waals surface area contributed by atoms with Gasteiger partial charge in [-0.15, -0.1) is 0 Å². The average Bonchev–Trinajstić information content (AvgIpc) is 2.41. The molecule has 1 aromatic rings. The summed E-state index contributed by atoms with van der Waals surface area (Å²) in [6.45, 7) is 3.85. The van der Waals surface area contributed by atoms with Gasteiger partial charge in [-0.05, 0) is 32.8 Å². The summed E-state index contributed by atoms with van der Waals surface area (Å²) in [6.07, 6.45) is 1.93. The number of amides is 1. The Balaban J connectivity index is 2.37. The van der Waals surface area contributed by atoms with E-state index in [1.54, 1.807) is 18.0 Å². The van der Waals surface area contributed by atoms with E-state index in [9.17, 15) is 14.4 Å². The van der Waals surface area contributed by atoms with E-state index in [0.29, 0.717) is 24.1 Å². The second-order valence-electron chi connectivity index (χ2n) is 5.49. The molecule has 0 fully saturated rings. The van der Waals surface area contributed by atoms with E-state index >= 15 is 0 Å². The molecule has 5 nitrogen and oxygen atoms in total. The van der Waals surface area contributed by atoms with Crippen molar-refractivity contribution in [3.8, 4) is 0 Å². The molecule has 20 heavy (non-hydrogen) atoms. The van der Waals surface area contributed by atoms with Gasteiger partial charge in [0, 0.05) is 36.8 Å². The lowest BCUT2D eigenvalue weighted by atomic mass is 9.94. The van der Waals surface area contributed by atoms with Crippen LogP contribution in [0.25, 0.3) is 0 Å². The monoisotopic (exact) mass is 276 g/mol. The van der Waals surface area contributed by atoms with E-state index in [2.05, 4.69) is 0 Å². The van der Waals surface area contributed by atoms with Gasteiger partial charge in [-0.25, -0.2) is 0 Å². The zero-order chi connectivity index (χ0) is 14.9. The Kier molecular flexibility index (Phi) is 4.06. The normalized spacial score (nSPS) is 14.3. The predicted octanol–water partition coefficient (Wildman–Crippen LogP) is 1.23. The first-order valence-corrected chi connectivity index (χ1v) is 6.93. The Morgan fingerprint density at radius 3 is 2.65 bits per heavy atom. The molecule has 0 spiro atoms. The van der Waals surface area contributed by atoms with Crippen LogP contribution < -0.4 is 5.56 Å². The number of hydrogen-bond donors (Lipinski definition) is 0. The molecular formula is C15H20N2O3. The van der Waals surface area contributed by atoms with Gasteiger partial charge in [-0.3, -0.25) is 14.4 Å². The predicted molar refractivity (Wildman–Crippen MR) is 75.9 cm³/mol. The Labute approximate surface area is 118 Å². The maximum absolute atomic E-state index is 12.2. The third-order valence-electron chi connectivity index (χ3n) is 3.87. The Morgan fingerprint density at radius 1 is 1.30 bits per heavy atom. The molecule has 1 aromatic heterocycles. The van der Waals surface area contributed by atoms with Crippen molar-refractivity contribution in [3.63, 3.8) is 0 Å². The van der Waals surface area contributed by atoms with Crippen molar-refractivity contribution in [2.75, 3.05) is 7.05 Å². The lowest BCUT2D eigenvalue weighted by molar-refractivity contribution is -0.132. The van der Waals surface area contributed by atoms with Crippen LogP contribution in [-0.4, -0.2) is 34.2 Å². The summed E-state index contributed by atoms with van der Waals surface area (Å²) < 4.78 is 1.45. The smallest absolute Gasteiger partial charge is 0.251 e. The van der Waals surface area contributed by atoms with Crippen LogP contribution in [0, 0.1) is 0 Å². The summed E-state index contributed by atoms with van der Waals surface area (Å²) >= 11 is 0. The number of likely N-dealkylation sites (N-methyl/N-ethyl adjacent to an activating group) is 1. The molecule has 1 aliphatic carbocycles. The van der Waals surface area contributed by atoms with Crippen molar-refractivity contribution < 1.29 is 9.59 Å². The fourth-order valence-corrected chi connectivity index (χ4v) is 2.40. The molecule has 0 N–H and O–H groups in total. The summed E-state index contributed by atoms with van der Waals surface area (Å²) in [5, 5.41) is 0. The molecule has 1 aliphatic rings. The highest BCUT2D eigenvalue weighted by Gasteiger charge is 2.22. The van der Waals surface area contributed by atoms with E-state index < -0.39 is 0 Å². The quantitative estimate of drug-likeness (QED) is 0.834. The van der Waals surface area contributed by atoms with Crippen LogP contribution in [0.15, 0.2) is 16.9 Å². The second kappa shape index (κ2) is 5.61. The largest absolute Gasteiger partial charge is 0.342 e. The summed E-state index contributed by atoms with van der Waals surface area (Å²) in [5.41, 5.74) is 1.08. The van der Waals surface area contributed by atoms with Gasteiger partial charge in [0.05, 0.1) is 0 Å². The molecule has 0 unspecified atom stereocenters. The summed E-state index contributed by atoms with van der Waals surface area (Å²) in [7, 11) is 1.72. The number of aromatic nitrogens is 1. The van der Waals surface area contributed by atoms with Crippen LogP contribution >= 0.6 is 0 Å². The first-order valence-electron chi connectivity index (χ1n) is 6.93. The van der Waals surface area contributed by atoms with Crippen LogP contribution in [0.5, 0.6) is 0 Å². The lowest BCUT2D eigenvalue weighted by Crippen LogP contribution is -2.39. The third-order valence-corrected chi connectivity index (χ3v) is 3.87. The molecular weight excluding hydrogens is 256 g/mol. The van der Waals surface area contributed by atoms with Gasteiger partial charge >= 0.3 is 0 Å². The van der Waals surface area contributed by atoms with E-state index in [1.807, 2.05) is 13.8 Å². The van der Waals surface area contributed by atoms with Crippen LogP contribution in [-0.2, 0) is 17.8 Å². The average molecular weight is 276 g/mol. The molecule has 0 aliphatic heterocycles. The molecule has 0 atom stereocenters. The summed E-state index contributed by atoms with van der Waals surface area (Å²) in [5.74, 6) is -0.0572. The molecule has 0 saturated heterocycles. The first kappa shape index (κ1) is 14.5. The number of pyridine rings is 1. The van der Waals surface area contributed by atoms with Crippen molar-refractivity contribution in [1.82, 2.24) is 9.47 Å². The van der Waals surface area contributed by atoms with Gasteiger partial charge in [0.2, 0.25) is 5.91 Å². The minimum Gasteiger partial charge on any atom is -0.342 e. The van der Waals surface area contributed by atoms with Gasteiger partial charge in [0.1, 0.15) is 6.54 Å². The number of nitrogens with zero attached hydrogens (tertiary/aromatic N) is 2. The van der Waals surface area contributed by atoms with E-state index in [0.717, 1.165) is 6.42 Å². The van der Waals surface area contributed by atoms with E-state index in [1.165, 1.54) is 10.6 Å². The first-order chi connectivity index (χ1) is 9.41. The van der Waals surface area contributed by atoms with Crippen LogP contribution in [0.1, 0.15) is 42.7 Å². The fraction of sp³-hybridized carbons (Fsp3) is 0.533. The zero-order valence-electron chi connectivity index (χ0n) is 12.2. The maximum atomic E-state index is 12.2. The minimum absolute atomic E-state index is 0.00394. The molecule has 0 aromatic carbocycles. The number of rotatable bonds is 3. The SMILES string of the molecule is CC(C)N(C)C(=O)Cn1c2c(ccc1=O)C(=O)CCC2. The highest BCUT2D eigenvalue weighted by atomic mass is 16.2. The summed E-state index contributed by atoms with van der Waals surface area (Å²) in [6, 6.07) is 3.05. The van der Waals surface area contributed by atoms with Gasteiger partial charge in [0.25, 0.3) is 5.56 Å². The molecule has 1 amide bonds. The van der Waals surface area contributed by atoms with E-state index in [4.69, 9.17) is 0 Å². The molecule has 0 saturated carbocycles. The Morgan fingerprint density at radius 2 is 2.00 bits per heavy atom. The van der Waals surface area contributed by atoms with Crippen molar-refractivity contribution in [2.24, 2.45) is 0 Å². The topological polar surface area (TPSA) is 59.4 Å². The second-order valence-corrected chi connectivity index (χ2v) is 5.49. The fourth-order valence-electron chi connectivity index (χ4n) is 2.40.